The minimum atomic E-state index is -0.467. The highest BCUT2D eigenvalue weighted by molar-refractivity contribution is 5.66. The van der Waals surface area contributed by atoms with Gasteiger partial charge in [-0.2, -0.15) is 0 Å². The van der Waals surface area contributed by atoms with Crippen LogP contribution in [0.25, 0.3) is 0 Å². The molecule has 0 aliphatic carbocycles. The van der Waals surface area contributed by atoms with Gasteiger partial charge in [-0.15, -0.1) is 0 Å². The fraction of sp³-hybridized carbons (Fsp3) is 0.462. The van der Waals surface area contributed by atoms with Gasteiger partial charge in [0.2, 0.25) is 0 Å². The summed E-state index contributed by atoms with van der Waals surface area (Å²) in [6.07, 6.45) is 0.405. The van der Waals surface area contributed by atoms with Gasteiger partial charge in [0.15, 0.2) is 0 Å². The van der Waals surface area contributed by atoms with Gasteiger partial charge >= 0.3 is 6.09 Å². The first-order chi connectivity index (χ1) is 7.97. The molecule has 1 aromatic rings. The Hall–Kier alpha value is -1.55. The number of hydrazine groups is 1. The highest BCUT2D eigenvalue weighted by Gasteiger charge is 2.15. The van der Waals surface area contributed by atoms with Gasteiger partial charge < -0.3 is 4.74 Å². The molecular weight excluding hydrogens is 216 g/mol. The van der Waals surface area contributed by atoms with Crippen LogP contribution in [0.4, 0.5) is 4.79 Å². The van der Waals surface area contributed by atoms with E-state index in [0.717, 1.165) is 6.42 Å². The van der Waals surface area contributed by atoms with E-state index in [2.05, 4.69) is 23.0 Å². The zero-order valence-electron chi connectivity index (χ0n) is 10.6. The van der Waals surface area contributed by atoms with Crippen LogP contribution in [0.3, 0.4) is 0 Å². The Balaban J connectivity index is 2.14. The SMILES string of the molecule is CC(C)(C)OC(=O)NNCCc1ccccc1. The van der Waals surface area contributed by atoms with Gasteiger partial charge in [0.05, 0.1) is 0 Å². The molecule has 17 heavy (non-hydrogen) atoms. The number of rotatable bonds is 4. The molecule has 0 radical (unpaired) electrons. The molecule has 0 heterocycles. The minimum Gasteiger partial charge on any atom is -0.443 e. The van der Waals surface area contributed by atoms with Crippen molar-refractivity contribution < 1.29 is 9.53 Å². The molecule has 0 aliphatic rings. The molecule has 0 fully saturated rings. The monoisotopic (exact) mass is 236 g/mol. The number of carbonyl (C=O) groups is 1. The van der Waals surface area contributed by atoms with Gasteiger partial charge in [0, 0.05) is 6.54 Å². The van der Waals surface area contributed by atoms with E-state index in [0.29, 0.717) is 6.54 Å². The fourth-order valence-electron chi connectivity index (χ4n) is 1.29. The molecule has 0 aliphatic heterocycles. The molecule has 0 unspecified atom stereocenters. The molecule has 1 rings (SSSR count). The summed E-state index contributed by atoms with van der Waals surface area (Å²) in [4.78, 5) is 11.3. The Labute approximate surface area is 102 Å². The maximum atomic E-state index is 11.3. The Morgan fingerprint density at radius 1 is 1.24 bits per heavy atom. The van der Waals surface area contributed by atoms with E-state index in [-0.39, 0.29) is 0 Å². The first-order valence-electron chi connectivity index (χ1n) is 5.73. The van der Waals surface area contributed by atoms with Crippen LogP contribution in [0.2, 0.25) is 0 Å². The summed E-state index contributed by atoms with van der Waals surface area (Å²) in [6.45, 7) is 6.16. The first-order valence-corrected chi connectivity index (χ1v) is 5.73. The van der Waals surface area contributed by atoms with Crippen LogP contribution in [0.5, 0.6) is 0 Å². The van der Waals surface area contributed by atoms with Crippen LogP contribution >= 0.6 is 0 Å². The van der Waals surface area contributed by atoms with Crippen LogP contribution in [-0.2, 0) is 11.2 Å². The third kappa shape index (κ3) is 6.58. The molecule has 94 valence electrons. The highest BCUT2D eigenvalue weighted by Crippen LogP contribution is 2.05. The van der Waals surface area contributed by atoms with E-state index >= 15 is 0 Å². The maximum absolute atomic E-state index is 11.3. The van der Waals surface area contributed by atoms with Crippen molar-refractivity contribution in [3.8, 4) is 0 Å². The van der Waals surface area contributed by atoms with Gasteiger partial charge in [-0.25, -0.2) is 10.2 Å². The molecule has 0 bridgehead atoms. The number of amides is 1. The second-order valence-corrected chi connectivity index (χ2v) is 4.79. The van der Waals surface area contributed by atoms with Gasteiger partial charge in [0.1, 0.15) is 5.60 Å². The first kappa shape index (κ1) is 13.5. The highest BCUT2D eigenvalue weighted by atomic mass is 16.6. The number of benzene rings is 1. The normalized spacial score (nSPS) is 11.0. The maximum Gasteiger partial charge on any atom is 0.422 e. The van der Waals surface area contributed by atoms with E-state index in [9.17, 15) is 4.79 Å². The van der Waals surface area contributed by atoms with Crippen LogP contribution in [0.15, 0.2) is 30.3 Å². The van der Waals surface area contributed by atoms with E-state index < -0.39 is 11.7 Å². The molecule has 0 saturated heterocycles. The van der Waals surface area contributed by atoms with Crippen LogP contribution in [-0.4, -0.2) is 18.2 Å². The van der Waals surface area contributed by atoms with Gasteiger partial charge in [-0.3, -0.25) is 5.43 Å². The summed E-state index contributed by atoms with van der Waals surface area (Å²) in [7, 11) is 0. The average molecular weight is 236 g/mol. The zero-order chi connectivity index (χ0) is 12.7. The van der Waals surface area contributed by atoms with E-state index in [1.807, 2.05) is 39.0 Å². The molecule has 2 N–H and O–H groups in total. The Bertz CT molecular complexity index is 344. The average Bonchev–Trinajstić information content (AvgIpc) is 2.23. The second-order valence-electron chi connectivity index (χ2n) is 4.79. The third-order valence-electron chi connectivity index (χ3n) is 1.97. The van der Waals surface area contributed by atoms with Crippen LogP contribution < -0.4 is 10.9 Å². The molecule has 0 atom stereocenters. The predicted octanol–water partition coefficient (Wildman–Crippen LogP) is 2.26. The fourth-order valence-corrected chi connectivity index (χ4v) is 1.29. The molecule has 1 amide bonds. The number of ether oxygens (including phenoxy) is 1. The van der Waals surface area contributed by atoms with Crippen molar-refractivity contribution >= 4 is 6.09 Å². The summed E-state index contributed by atoms with van der Waals surface area (Å²) in [5.74, 6) is 0. The number of hydrogen-bond acceptors (Lipinski definition) is 3. The Morgan fingerprint density at radius 2 is 1.88 bits per heavy atom. The lowest BCUT2D eigenvalue weighted by Crippen LogP contribution is -2.41. The lowest BCUT2D eigenvalue weighted by Gasteiger charge is -2.19. The summed E-state index contributed by atoms with van der Waals surface area (Å²) < 4.78 is 5.08. The van der Waals surface area contributed by atoms with Crippen molar-refractivity contribution in [3.63, 3.8) is 0 Å². The lowest BCUT2D eigenvalue weighted by molar-refractivity contribution is 0.0499. The van der Waals surface area contributed by atoms with Crippen molar-refractivity contribution in [2.75, 3.05) is 6.54 Å². The van der Waals surface area contributed by atoms with E-state index in [1.54, 1.807) is 0 Å². The van der Waals surface area contributed by atoms with Crippen molar-refractivity contribution in [1.82, 2.24) is 10.9 Å². The Kier molecular flexibility index (Phi) is 4.97. The molecule has 0 aromatic heterocycles. The summed E-state index contributed by atoms with van der Waals surface area (Å²) in [6, 6.07) is 10.1. The molecular formula is C13H20N2O2. The summed E-state index contributed by atoms with van der Waals surface area (Å²) in [5.41, 5.74) is 6.09. The number of nitrogens with one attached hydrogen (secondary N) is 2. The molecule has 1 aromatic carbocycles. The number of carbonyl (C=O) groups excluding carboxylic acids is 1. The van der Waals surface area contributed by atoms with Crippen molar-refractivity contribution in [2.24, 2.45) is 0 Å². The van der Waals surface area contributed by atoms with Crippen molar-refractivity contribution in [3.05, 3.63) is 35.9 Å². The molecule has 0 saturated carbocycles. The van der Waals surface area contributed by atoms with Gasteiger partial charge in [0.25, 0.3) is 0 Å². The molecule has 4 heteroatoms. The molecule has 4 nitrogen and oxygen atoms in total. The minimum absolute atomic E-state index is 0.453. The smallest absolute Gasteiger partial charge is 0.422 e. The Morgan fingerprint density at radius 3 is 2.47 bits per heavy atom. The van der Waals surface area contributed by atoms with Crippen LogP contribution in [0, 0.1) is 0 Å². The topological polar surface area (TPSA) is 50.4 Å². The van der Waals surface area contributed by atoms with Gasteiger partial charge in [-0.1, -0.05) is 30.3 Å². The standard InChI is InChI=1S/C13H20N2O2/c1-13(2,3)17-12(16)15-14-10-9-11-7-5-4-6-8-11/h4-8,14H,9-10H2,1-3H3,(H,15,16). The second kappa shape index (κ2) is 6.25. The largest absolute Gasteiger partial charge is 0.443 e. The predicted molar refractivity (Wildman–Crippen MR) is 67.5 cm³/mol. The quantitative estimate of drug-likeness (QED) is 0.622. The summed E-state index contributed by atoms with van der Waals surface area (Å²) in [5, 5.41) is 0. The molecule has 0 spiro atoms. The van der Waals surface area contributed by atoms with E-state index in [4.69, 9.17) is 4.74 Å². The summed E-state index contributed by atoms with van der Waals surface area (Å²) >= 11 is 0. The van der Waals surface area contributed by atoms with Gasteiger partial charge in [-0.05, 0) is 32.8 Å². The van der Waals surface area contributed by atoms with Crippen molar-refractivity contribution in [2.45, 2.75) is 32.8 Å². The van der Waals surface area contributed by atoms with Crippen LogP contribution in [0.1, 0.15) is 26.3 Å². The van der Waals surface area contributed by atoms with E-state index in [1.165, 1.54) is 5.56 Å². The third-order valence-corrected chi connectivity index (χ3v) is 1.97. The zero-order valence-corrected chi connectivity index (χ0v) is 10.6. The van der Waals surface area contributed by atoms with Crippen molar-refractivity contribution in [1.29, 1.82) is 0 Å². The lowest BCUT2D eigenvalue weighted by atomic mass is 10.2. The number of hydrogen-bond donors (Lipinski definition) is 2.